The Morgan fingerprint density at radius 1 is 1.50 bits per heavy atom. The third-order valence-corrected chi connectivity index (χ3v) is 3.83. The number of likely N-dealkylation sites (tertiary alicyclic amines) is 1. The molecule has 3 nitrogen and oxygen atoms in total. The minimum absolute atomic E-state index is 0.353. The van der Waals surface area contributed by atoms with Gasteiger partial charge in [-0.15, -0.1) is 0 Å². The van der Waals surface area contributed by atoms with Gasteiger partial charge in [0.25, 0.3) is 0 Å². The number of nitrogens with one attached hydrogen (secondary N) is 1. The first-order valence-electron chi connectivity index (χ1n) is 6.35. The summed E-state index contributed by atoms with van der Waals surface area (Å²) in [5.74, 6) is 0.835. The van der Waals surface area contributed by atoms with Crippen LogP contribution in [0, 0.1) is 17.2 Å². The van der Waals surface area contributed by atoms with Gasteiger partial charge in [0.2, 0.25) is 0 Å². The highest BCUT2D eigenvalue weighted by atomic mass is 15.2. The zero-order valence-corrected chi connectivity index (χ0v) is 11.1. The van der Waals surface area contributed by atoms with Crippen molar-refractivity contribution in [1.82, 2.24) is 10.2 Å². The lowest BCUT2D eigenvalue weighted by molar-refractivity contribution is 0.251. The molecule has 0 aliphatic carbocycles. The van der Waals surface area contributed by atoms with Gasteiger partial charge in [-0.1, -0.05) is 6.92 Å². The van der Waals surface area contributed by atoms with E-state index in [0.717, 1.165) is 31.3 Å². The molecule has 1 heterocycles. The minimum Gasteiger partial charge on any atom is -0.303 e. The lowest BCUT2D eigenvalue weighted by Gasteiger charge is -2.24. The molecule has 92 valence electrons. The molecule has 3 heteroatoms. The first kappa shape index (κ1) is 13.5. The maximum Gasteiger partial charge on any atom is 0.103 e. The second-order valence-electron chi connectivity index (χ2n) is 5.48. The second-order valence-corrected chi connectivity index (χ2v) is 5.48. The van der Waals surface area contributed by atoms with E-state index in [2.05, 4.69) is 30.1 Å². The summed E-state index contributed by atoms with van der Waals surface area (Å²) in [6.45, 7) is 8.96. The molecule has 1 N–H and O–H groups in total. The van der Waals surface area contributed by atoms with Crippen LogP contribution in [0.3, 0.4) is 0 Å². The molecule has 1 rings (SSSR count). The molecular formula is C13H25N3. The predicted molar refractivity (Wildman–Crippen MR) is 67.1 cm³/mol. The monoisotopic (exact) mass is 223 g/mol. The molecule has 0 aromatic carbocycles. The van der Waals surface area contributed by atoms with Crippen LogP contribution in [0.2, 0.25) is 0 Å². The van der Waals surface area contributed by atoms with Crippen molar-refractivity contribution in [1.29, 1.82) is 5.26 Å². The summed E-state index contributed by atoms with van der Waals surface area (Å²) in [5, 5.41) is 12.1. The minimum atomic E-state index is -0.353. The van der Waals surface area contributed by atoms with Crippen molar-refractivity contribution < 1.29 is 0 Å². The smallest absolute Gasteiger partial charge is 0.103 e. The number of rotatable bonds is 5. The average molecular weight is 223 g/mol. The quantitative estimate of drug-likeness (QED) is 0.775. The van der Waals surface area contributed by atoms with Crippen molar-refractivity contribution in [2.75, 3.05) is 20.1 Å². The summed E-state index contributed by atoms with van der Waals surface area (Å²) in [4.78, 5) is 2.55. The molecular weight excluding hydrogens is 198 g/mol. The van der Waals surface area contributed by atoms with E-state index in [9.17, 15) is 0 Å². The van der Waals surface area contributed by atoms with Crippen molar-refractivity contribution in [3.05, 3.63) is 0 Å². The van der Waals surface area contributed by atoms with E-state index < -0.39 is 0 Å². The Morgan fingerprint density at radius 3 is 2.62 bits per heavy atom. The molecule has 0 saturated carbocycles. The molecule has 1 saturated heterocycles. The SMILES string of the molecule is CNC(C)(C#N)CCCN1CC(C)CC1C. The van der Waals surface area contributed by atoms with Gasteiger partial charge < -0.3 is 10.2 Å². The van der Waals surface area contributed by atoms with E-state index in [0.29, 0.717) is 0 Å². The van der Waals surface area contributed by atoms with Gasteiger partial charge in [-0.25, -0.2) is 0 Å². The standard InChI is InChI=1S/C13H25N3/c1-11-8-12(2)16(9-11)7-5-6-13(3,10-14)15-4/h11-12,15H,5-9H2,1-4H3. The van der Waals surface area contributed by atoms with Crippen molar-refractivity contribution in [3.63, 3.8) is 0 Å². The van der Waals surface area contributed by atoms with Crippen molar-refractivity contribution >= 4 is 0 Å². The number of hydrogen-bond donors (Lipinski definition) is 1. The zero-order valence-electron chi connectivity index (χ0n) is 11.1. The number of nitriles is 1. The van der Waals surface area contributed by atoms with E-state index in [1.807, 2.05) is 14.0 Å². The molecule has 0 aromatic rings. The summed E-state index contributed by atoms with van der Waals surface area (Å²) >= 11 is 0. The number of hydrogen-bond acceptors (Lipinski definition) is 3. The van der Waals surface area contributed by atoms with Crippen LogP contribution in [0.5, 0.6) is 0 Å². The normalized spacial score (nSPS) is 29.9. The van der Waals surface area contributed by atoms with E-state index in [1.165, 1.54) is 13.0 Å². The Morgan fingerprint density at radius 2 is 2.19 bits per heavy atom. The van der Waals surface area contributed by atoms with Crippen LogP contribution in [-0.2, 0) is 0 Å². The summed E-state index contributed by atoms with van der Waals surface area (Å²) in [5.41, 5.74) is -0.353. The third-order valence-electron chi connectivity index (χ3n) is 3.83. The van der Waals surface area contributed by atoms with Gasteiger partial charge in [0.15, 0.2) is 0 Å². The maximum atomic E-state index is 9.05. The van der Waals surface area contributed by atoms with Crippen LogP contribution < -0.4 is 5.32 Å². The lowest BCUT2D eigenvalue weighted by Crippen LogP contribution is -2.39. The highest BCUT2D eigenvalue weighted by Crippen LogP contribution is 2.23. The average Bonchev–Trinajstić information content (AvgIpc) is 2.57. The largest absolute Gasteiger partial charge is 0.303 e. The summed E-state index contributed by atoms with van der Waals surface area (Å²) < 4.78 is 0. The molecule has 0 spiro atoms. The molecule has 0 bridgehead atoms. The Hall–Kier alpha value is -0.590. The van der Waals surface area contributed by atoms with E-state index in [1.54, 1.807) is 0 Å². The van der Waals surface area contributed by atoms with Crippen molar-refractivity contribution in [2.24, 2.45) is 5.92 Å². The third kappa shape index (κ3) is 3.47. The Bertz CT molecular complexity index is 258. The predicted octanol–water partition coefficient (Wildman–Crippen LogP) is 2.00. The Kier molecular flexibility index (Phi) is 4.76. The summed E-state index contributed by atoms with van der Waals surface area (Å²) in [7, 11) is 1.86. The van der Waals surface area contributed by atoms with Crippen LogP contribution in [0.4, 0.5) is 0 Å². The Labute approximate surface area is 99.8 Å². The molecule has 3 atom stereocenters. The molecule has 1 aliphatic rings. The van der Waals surface area contributed by atoms with Crippen LogP contribution in [-0.4, -0.2) is 36.6 Å². The van der Waals surface area contributed by atoms with Gasteiger partial charge in [-0.3, -0.25) is 0 Å². The maximum absolute atomic E-state index is 9.05. The van der Waals surface area contributed by atoms with Crippen LogP contribution in [0.15, 0.2) is 0 Å². The van der Waals surface area contributed by atoms with E-state index in [-0.39, 0.29) is 5.54 Å². The second kappa shape index (κ2) is 5.65. The molecule has 0 radical (unpaired) electrons. The van der Waals surface area contributed by atoms with Crippen LogP contribution in [0.1, 0.15) is 40.0 Å². The van der Waals surface area contributed by atoms with Crippen molar-refractivity contribution in [3.8, 4) is 6.07 Å². The summed E-state index contributed by atoms with van der Waals surface area (Å²) in [6, 6.07) is 3.06. The van der Waals surface area contributed by atoms with Gasteiger partial charge in [0, 0.05) is 12.6 Å². The molecule has 0 amide bonds. The zero-order chi connectivity index (χ0) is 12.2. The van der Waals surface area contributed by atoms with Crippen molar-refractivity contribution in [2.45, 2.75) is 51.6 Å². The summed E-state index contributed by atoms with van der Waals surface area (Å²) in [6.07, 6.45) is 3.35. The molecule has 1 fully saturated rings. The molecule has 3 unspecified atom stereocenters. The van der Waals surface area contributed by atoms with Gasteiger partial charge in [0.05, 0.1) is 6.07 Å². The lowest BCUT2D eigenvalue weighted by atomic mass is 9.98. The van der Waals surface area contributed by atoms with Gasteiger partial charge >= 0.3 is 0 Å². The number of nitrogens with zero attached hydrogens (tertiary/aromatic N) is 2. The molecule has 1 aliphatic heterocycles. The molecule has 16 heavy (non-hydrogen) atoms. The fourth-order valence-electron chi connectivity index (χ4n) is 2.57. The highest BCUT2D eigenvalue weighted by Gasteiger charge is 2.26. The van der Waals surface area contributed by atoms with E-state index in [4.69, 9.17) is 5.26 Å². The fourth-order valence-corrected chi connectivity index (χ4v) is 2.57. The fraction of sp³-hybridized carbons (Fsp3) is 0.923. The van der Waals surface area contributed by atoms with Gasteiger partial charge in [0.1, 0.15) is 5.54 Å². The van der Waals surface area contributed by atoms with E-state index >= 15 is 0 Å². The topological polar surface area (TPSA) is 39.1 Å². The first-order chi connectivity index (χ1) is 7.50. The van der Waals surface area contributed by atoms with Crippen LogP contribution in [0.25, 0.3) is 0 Å². The first-order valence-corrected chi connectivity index (χ1v) is 6.35. The highest BCUT2D eigenvalue weighted by molar-refractivity contribution is 5.02. The Balaban J connectivity index is 2.28. The van der Waals surface area contributed by atoms with Gasteiger partial charge in [-0.2, -0.15) is 5.26 Å². The van der Waals surface area contributed by atoms with Gasteiger partial charge in [-0.05, 0) is 52.6 Å². The molecule has 0 aromatic heterocycles. The van der Waals surface area contributed by atoms with Crippen LogP contribution >= 0.6 is 0 Å².